The zero-order valence-electron chi connectivity index (χ0n) is 9.35. The summed E-state index contributed by atoms with van der Waals surface area (Å²) in [4.78, 5) is 11.6. The van der Waals surface area contributed by atoms with Gasteiger partial charge in [-0.3, -0.25) is 4.79 Å². The van der Waals surface area contributed by atoms with Crippen LogP contribution in [0.5, 0.6) is 0 Å². The Bertz CT molecular complexity index is 359. The summed E-state index contributed by atoms with van der Waals surface area (Å²) in [5, 5.41) is 10.9. The van der Waals surface area contributed by atoms with Gasteiger partial charge in [-0.05, 0) is 6.42 Å². The number of hydrogen-bond donors (Lipinski definition) is 1. The van der Waals surface area contributed by atoms with Gasteiger partial charge in [0.05, 0.1) is 12.2 Å². The maximum absolute atomic E-state index is 11.6. The molecule has 88 valence electrons. The average molecular weight is 224 g/mol. The van der Waals surface area contributed by atoms with Gasteiger partial charge in [-0.2, -0.15) is 0 Å². The van der Waals surface area contributed by atoms with Crippen LogP contribution in [-0.2, 0) is 4.74 Å². The molecule has 1 aromatic rings. The molecule has 0 atom stereocenters. The number of ether oxygens (including phenoxy) is 1. The van der Waals surface area contributed by atoms with E-state index < -0.39 is 0 Å². The van der Waals surface area contributed by atoms with E-state index in [0.29, 0.717) is 18.3 Å². The van der Waals surface area contributed by atoms with E-state index in [2.05, 4.69) is 15.6 Å². The monoisotopic (exact) mass is 224 g/mol. The molecule has 6 heteroatoms. The molecule has 2 rings (SSSR count). The van der Waals surface area contributed by atoms with Gasteiger partial charge in [0.25, 0.3) is 0 Å². The maximum atomic E-state index is 11.6. The Balaban J connectivity index is 1.87. The second kappa shape index (κ2) is 5.18. The molecule has 2 heterocycles. The predicted molar refractivity (Wildman–Crippen MR) is 57.4 cm³/mol. The molecule has 0 bridgehead atoms. The van der Waals surface area contributed by atoms with Gasteiger partial charge in [0, 0.05) is 19.7 Å². The minimum Gasteiger partial charge on any atom is -0.373 e. The Morgan fingerprint density at radius 2 is 2.50 bits per heavy atom. The van der Waals surface area contributed by atoms with Gasteiger partial charge in [-0.25, -0.2) is 4.68 Å². The minimum absolute atomic E-state index is 0.0927. The van der Waals surface area contributed by atoms with Crippen LogP contribution in [0.3, 0.4) is 0 Å². The van der Waals surface area contributed by atoms with E-state index in [1.165, 1.54) is 0 Å². The maximum Gasteiger partial charge on any atom is 0.210 e. The van der Waals surface area contributed by atoms with Gasteiger partial charge in [0.2, 0.25) is 5.78 Å². The highest BCUT2D eigenvalue weighted by Gasteiger charge is 2.21. The molecule has 1 aliphatic heterocycles. The van der Waals surface area contributed by atoms with Crippen molar-refractivity contribution in [2.24, 2.45) is 0 Å². The number of carbonyl (C=O) groups excluding carboxylic acids is 1. The summed E-state index contributed by atoms with van der Waals surface area (Å²) in [5.74, 6) is -0.105. The normalized spacial score (nSPS) is 16.1. The number of aromatic nitrogens is 3. The summed E-state index contributed by atoms with van der Waals surface area (Å²) in [5.41, 5.74) is 0.392. The van der Waals surface area contributed by atoms with Crippen molar-refractivity contribution in [3.8, 4) is 0 Å². The van der Waals surface area contributed by atoms with E-state index >= 15 is 0 Å². The van der Waals surface area contributed by atoms with Gasteiger partial charge >= 0.3 is 0 Å². The lowest BCUT2D eigenvalue weighted by Crippen LogP contribution is -2.43. The average Bonchev–Trinajstić information content (AvgIpc) is 2.64. The molecule has 16 heavy (non-hydrogen) atoms. The van der Waals surface area contributed by atoms with E-state index in [0.717, 1.165) is 19.5 Å². The first-order chi connectivity index (χ1) is 7.81. The molecule has 6 nitrogen and oxygen atoms in total. The second-order valence-electron chi connectivity index (χ2n) is 3.87. The standard InChI is InChI=1S/C10H16N4O2/c1-2-3-16-7-10(15)9-6-14(13-12-9)8-4-11-5-8/h6,8,11H,2-5,7H2,1H3. The van der Waals surface area contributed by atoms with Crippen molar-refractivity contribution in [3.05, 3.63) is 11.9 Å². The molecule has 0 aliphatic carbocycles. The fraction of sp³-hybridized carbons (Fsp3) is 0.700. The topological polar surface area (TPSA) is 69.0 Å². The largest absolute Gasteiger partial charge is 0.373 e. The third-order valence-electron chi connectivity index (χ3n) is 2.51. The third kappa shape index (κ3) is 2.45. The van der Waals surface area contributed by atoms with E-state index in [-0.39, 0.29) is 12.4 Å². The van der Waals surface area contributed by atoms with Crippen molar-refractivity contribution in [1.82, 2.24) is 20.3 Å². The number of Topliss-reactive ketones (excluding diaryl/α,β-unsaturated/α-hetero) is 1. The molecular formula is C10H16N4O2. The first kappa shape index (κ1) is 11.2. The highest BCUT2D eigenvalue weighted by molar-refractivity contribution is 5.94. The Hall–Kier alpha value is -1.27. The molecule has 0 unspecified atom stereocenters. The van der Waals surface area contributed by atoms with Gasteiger partial charge in [0.15, 0.2) is 5.69 Å². The molecular weight excluding hydrogens is 208 g/mol. The van der Waals surface area contributed by atoms with Gasteiger partial charge in [-0.1, -0.05) is 12.1 Å². The minimum atomic E-state index is -0.105. The quantitative estimate of drug-likeness (QED) is 0.545. The van der Waals surface area contributed by atoms with E-state index in [1.54, 1.807) is 10.9 Å². The van der Waals surface area contributed by atoms with E-state index in [9.17, 15) is 4.79 Å². The number of rotatable bonds is 6. The van der Waals surface area contributed by atoms with Crippen LogP contribution in [0.1, 0.15) is 29.9 Å². The van der Waals surface area contributed by atoms with Crippen LogP contribution in [0.25, 0.3) is 0 Å². The molecule has 1 saturated heterocycles. The Morgan fingerprint density at radius 1 is 1.69 bits per heavy atom. The lowest BCUT2D eigenvalue weighted by Gasteiger charge is -2.26. The zero-order chi connectivity index (χ0) is 11.4. The lowest BCUT2D eigenvalue weighted by atomic mass is 10.2. The van der Waals surface area contributed by atoms with Gasteiger partial charge < -0.3 is 10.1 Å². The fourth-order valence-corrected chi connectivity index (χ4v) is 1.43. The Labute approximate surface area is 94.0 Å². The SMILES string of the molecule is CCCOCC(=O)c1cn(C2CNC2)nn1. The summed E-state index contributed by atoms with van der Waals surface area (Å²) < 4.78 is 6.91. The highest BCUT2D eigenvalue weighted by atomic mass is 16.5. The molecule has 0 saturated carbocycles. The molecule has 0 amide bonds. The second-order valence-corrected chi connectivity index (χ2v) is 3.87. The number of hydrogen-bond acceptors (Lipinski definition) is 5. The number of nitrogens with one attached hydrogen (secondary N) is 1. The van der Waals surface area contributed by atoms with Crippen molar-refractivity contribution in [1.29, 1.82) is 0 Å². The molecule has 1 N–H and O–H groups in total. The van der Waals surface area contributed by atoms with Crippen molar-refractivity contribution in [3.63, 3.8) is 0 Å². The van der Waals surface area contributed by atoms with Gasteiger partial charge in [0.1, 0.15) is 6.61 Å². The molecule has 1 aromatic heterocycles. The van der Waals surface area contributed by atoms with Crippen LogP contribution < -0.4 is 5.32 Å². The number of ketones is 1. The van der Waals surface area contributed by atoms with Crippen LogP contribution in [0.4, 0.5) is 0 Å². The first-order valence-electron chi connectivity index (χ1n) is 5.54. The van der Waals surface area contributed by atoms with E-state index in [4.69, 9.17) is 4.74 Å². The molecule has 0 aromatic carbocycles. The Kier molecular flexibility index (Phi) is 3.63. The first-order valence-corrected chi connectivity index (χ1v) is 5.54. The fourth-order valence-electron chi connectivity index (χ4n) is 1.43. The van der Waals surface area contributed by atoms with E-state index in [1.807, 2.05) is 6.92 Å². The van der Waals surface area contributed by atoms with Crippen LogP contribution >= 0.6 is 0 Å². The summed E-state index contributed by atoms with van der Waals surface area (Å²) in [6, 6.07) is 0.339. The summed E-state index contributed by atoms with van der Waals surface area (Å²) in [7, 11) is 0. The van der Waals surface area contributed by atoms with Crippen LogP contribution in [0.2, 0.25) is 0 Å². The van der Waals surface area contributed by atoms with Crippen molar-refractivity contribution < 1.29 is 9.53 Å². The predicted octanol–water partition coefficient (Wildman–Crippen LogP) is 0.0317. The van der Waals surface area contributed by atoms with Crippen molar-refractivity contribution in [2.75, 3.05) is 26.3 Å². The van der Waals surface area contributed by atoms with Gasteiger partial charge in [-0.15, -0.1) is 5.10 Å². The van der Waals surface area contributed by atoms with Crippen LogP contribution in [-0.4, -0.2) is 47.1 Å². The molecule has 0 spiro atoms. The number of carbonyl (C=O) groups is 1. The highest BCUT2D eigenvalue weighted by Crippen LogP contribution is 2.10. The molecule has 0 radical (unpaired) electrons. The number of nitrogens with zero attached hydrogens (tertiary/aromatic N) is 3. The van der Waals surface area contributed by atoms with Crippen molar-refractivity contribution in [2.45, 2.75) is 19.4 Å². The van der Waals surface area contributed by atoms with Crippen molar-refractivity contribution >= 4 is 5.78 Å². The summed E-state index contributed by atoms with van der Waals surface area (Å²) in [6.45, 7) is 4.48. The third-order valence-corrected chi connectivity index (χ3v) is 2.51. The lowest BCUT2D eigenvalue weighted by molar-refractivity contribution is 0.0756. The zero-order valence-corrected chi connectivity index (χ0v) is 9.35. The Morgan fingerprint density at radius 3 is 3.12 bits per heavy atom. The molecule has 1 aliphatic rings. The summed E-state index contributed by atoms with van der Waals surface area (Å²) in [6.07, 6.45) is 2.61. The summed E-state index contributed by atoms with van der Waals surface area (Å²) >= 11 is 0. The van der Waals surface area contributed by atoms with Crippen LogP contribution in [0.15, 0.2) is 6.20 Å². The molecule has 1 fully saturated rings. The van der Waals surface area contributed by atoms with Crippen LogP contribution in [0, 0.1) is 0 Å². The smallest absolute Gasteiger partial charge is 0.210 e.